The molecule has 78 valence electrons. The van der Waals surface area contributed by atoms with Gasteiger partial charge in [0.1, 0.15) is 0 Å². The molecule has 4 heteroatoms. The first-order valence-electron chi connectivity index (χ1n) is 5.25. The summed E-state index contributed by atoms with van der Waals surface area (Å²) in [4.78, 5) is 0. The van der Waals surface area contributed by atoms with Crippen LogP contribution in [0.5, 0.6) is 0 Å². The van der Waals surface area contributed by atoms with Gasteiger partial charge in [0.25, 0.3) is 0 Å². The summed E-state index contributed by atoms with van der Waals surface area (Å²) in [5.74, 6) is -0.178. The molecule has 0 saturated heterocycles. The molecule has 0 bridgehead atoms. The second-order valence-electron chi connectivity index (χ2n) is 3.88. The number of hydrogen-bond acceptors (Lipinski definition) is 2. The Bertz CT molecular complexity index is 302. The fourth-order valence-electron chi connectivity index (χ4n) is 2.11. The monoisotopic (exact) mass is 197 g/mol. The maximum atomic E-state index is 13.7. The van der Waals surface area contributed by atoms with E-state index in [1.807, 2.05) is 0 Å². The molecule has 0 unspecified atom stereocenters. The first kappa shape index (κ1) is 9.65. The van der Waals surface area contributed by atoms with Gasteiger partial charge in [-0.3, -0.25) is 0 Å². The second-order valence-corrected chi connectivity index (χ2v) is 3.88. The van der Waals surface area contributed by atoms with E-state index in [1.165, 1.54) is 17.5 Å². The van der Waals surface area contributed by atoms with Crippen LogP contribution in [-0.2, 0) is 6.42 Å². The molecule has 14 heavy (non-hydrogen) atoms. The van der Waals surface area contributed by atoms with Gasteiger partial charge in [-0.25, -0.2) is 4.68 Å². The summed E-state index contributed by atoms with van der Waals surface area (Å²) in [6.45, 7) is 0.479. The summed E-state index contributed by atoms with van der Waals surface area (Å²) in [7, 11) is 0. The lowest BCUT2D eigenvalue weighted by Gasteiger charge is -2.09. The Morgan fingerprint density at radius 2 is 2.21 bits per heavy atom. The van der Waals surface area contributed by atoms with E-state index in [0.717, 1.165) is 12.8 Å². The van der Waals surface area contributed by atoms with E-state index in [1.54, 1.807) is 6.20 Å². The third-order valence-electron chi connectivity index (χ3n) is 2.89. The van der Waals surface area contributed by atoms with Crippen molar-refractivity contribution in [1.29, 1.82) is 0 Å². The van der Waals surface area contributed by atoms with Crippen LogP contribution < -0.4 is 5.73 Å². The average molecular weight is 197 g/mol. The zero-order valence-corrected chi connectivity index (χ0v) is 8.25. The van der Waals surface area contributed by atoms with Crippen molar-refractivity contribution < 1.29 is 4.39 Å². The lowest BCUT2D eigenvalue weighted by atomic mass is 10.2. The molecule has 0 spiro atoms. The zero-order valence-electron chi connectivity index (χ0n) is 8.25. The summed E-state index contributed by atoms with van der Waals surface area (Å²) in [6.07, 6.45) is 6.69. The summed E-state index contributed by atoms with van der Waals surface area (Å²) in [5.41, 5.74) is 6.04. The number of aromatic nitrogens is 2. The van der Waals surface area contributed by atoms with E-state index in [4.69, 9.17) is 5.73 Å². The quantitative estimate of drug-likeness (QED) is 0.800. The van der Waals surface area contributed by atoms with Gasteiger partial charge in [0.05, 0.1) is 12.2 Å². The van der Waals surface area contributed by atoms with Crippen LogP contribution in [0.4, 0.5) is 4.39 Å². The van der Waals surface area contributed by atoms with E-state index in [9.17, 15) is 4.39 Å². The number of rotatable bonds is 3. The molecule has 1 fully saturated rings. The van der Waals surface area contributed by atoms with Crippen molar-refractivity contribution in [3.63, 3.8) is 0 Å². The molecule has 0 aromatic carbocycles. The van der Waals surface area contributed by atoms with Gasteiger partial charge in [0, 0.05) is 5.56 Å². The maximum absolute atomic E-state index is 13.7. The van der Waals surface area contributed by atoms with Gasteiger partial charge in [-0.1, -0.05) is 12.8 Å². The third-order valence-corrected chi connectivity index (χ3v) is 2.89. The number of nitrogens with two attached hydrogens (primary N) is 1. The van der Waals surface area contributed by atoms with Gasteiger partial charge >= 0.3 is 0 Å². The van der Waals surface area contributed by atoms with Gasteiger partial charge in [0.2, 0.25) is 5.95 Å². The van der Waals surface area contributed by atoms with Gasteiger partial charge in [-0.2, -0.15) is 9.49 Å². The molecule has 1 aromatic heterocycles. The van der Waals surface area contributed by atoms with Crippen molar-refractivity contribution >= 4 is 0 Å². The van der Waals surface area contributed by atoms with E-state index in [2.05, 4.69) is 5.10 Å². The molecule has 0 atom stereocenters. The van der Waals surface area contributed by atoms with Crippen LogP contribution >= 0.6 is 0 Å². The highest BCUT2D eigenvalue weighted by molar-refractivity contribution is 5.08. The molecule has 1 saturated carbocycles. The first-order chi connectivity index (χ1) is 6.83. The summed E-state index contributed by atoms with van der Waals surface area (Å²) in [5, 5.41) is 4.10. The topological polar surface area (TPSA) is 43.8 Å². The predicted octanol–water partition coefficient (Wildman–Crippen LogP) is 1.64. The molecule has 1 aliphatic rings. The van der Waals surface area contributed by atoms with E-state index in [0.29, 0.717) is 18.5 Å². The Labute approximate surface area is 83.1 Å². The van der Waals surface area contributed by atoms with Gasteiger partial charge in [-0.05, 0) is 25.8 Å². The van der Waals surface area contributed by atoms with Gasteiger partial charge in [-0.15, -0.1) is 0 Å². The Morgan fingerprint density at radius 3 is 2.86 bits per heavy atom. The van der Waals surface area contributed by atoms with Crippen molar-refractivity contribution in [2.75, 3.05) is 6.54 Å². The zero-order chi connectivity index (χ0) is 9.97. The average Bonchev–Trinajstić information content (AvgIpc) is 2.77. The SMILES string of the molecule is NCCc1cnn(C2CCCC2)c1F. The summed E-state index contributed by atoms with van der Waals surface area (Å²) >= 11 is 0. The summed E-state index contributed by atoms with van der Waals surface area (Å²) in [6, 6.07) is 0.279. The Hall–Kier alpha value is -0.900. The number of hydrogen-bond donors (Lipinski definition) is 1. The predicted molar refractivity (Wildman–Crippen MR) is 52.4 cm³/mol. The summed E-state index contributed by atoms with van der Waals surface area (Å²) < 4.78 is 15.3. The van der Waals surface area contributed by atoms with Crippen LogP contribution in [0.25, 0.3) is 0 Å². The Morgan fingerprint density at radius 1 is 1.50 bits per heavy atom. The highest BCUT2D eigenvalue weighted by atomic mass is 19.1. The van der Waals surface area contributed by atoms with E-state index in [-0.39, 0.29) is 12.0 Å². The van der Waals surface area contributed by atoms with Crippen LogP contribution in [-0.4, -0.2) is 16.3 Å². The first-order valence-corrected chi connectivity index (χ1v) is 5.25. The molecule has 0 aliphatic heterocycles. The van der Waals surface area contributed by atoms with E-state index >= 15 is 0 Å². The van der Waals surface area contributed by atoms with Crippen LogP contribution in [0.2, 0.25) is 0 Å². The second kappa shape index (κ2) is 4.09. The lowest BCUT2D eigenvalue weighted by molar-refractivity contribution is 0.377. The van der Waals surface area contributed by atoms with Gasteiger partial charge < -0.3 is 5.73 Å². The third kappa shape index (κ3) is 1.66. The molecular weight excluding hydrogens is 181 g/mol. The van der Waals surface area contributed by atoms with Crippen molar-refractivity contribution in [1.82, 2.24) is 9.78 Å². The molecular formula is C10H16FN3. The molecule has 1 heterocycles. The standard InChI is InChI=1S/C10H16FN3/c11-10-8(5-6-12)7-13-14(10)9-3-1-2-4-9/h7,9H,1-6,12H2. The van der Waals surface area contributed by atoms with Crippen molar-refractivity contribution in [2.45, 2.75) is 38.1 Å². The fraction of sp³-hybridized carbons (Fsp3) is 0.700. The highest BCUT2D eigenvalue weighted by Gasteiger charge is 2.21. The van der Waals surface area contributed by atoms with Crippen molar-refractivity contribution in [3.8, 4) is 0 Å². The number of halogens is 1. The molecule has 3 nitrogen and oxygen atoms in total. The Kier molecular flexibility index (Phi) is 2.82. The van der Waals surface area contributed by atoms with Crippen molar-refractivity contribution in [2.24, 2.45) is 5.73 Å². The molecule has 2 N–H and O–H groups in total. The van der Waals surface area contributed by atoms with Gasteiger partial charge in [0.15, 0.2) is 0 Å². The molecule has 0 amide bonds. The van der Waals surface area contributed by atoms with Crippen molar-refractivity contribution in [3.05, 3.63) is 17.7 Å². The minimum Gasteiger partial charge on any atom is -0.330 e. The van der Waals surface area contributed by atoms with Crippen LogP contribution in [0.15, 0.2) is 6.20 Å². The molecule has 1 aliphatic carbocycles. The molecule has 0 radical (unpaired) electrons. The maximum Gasteiger partial charge on any atom is 0.214 e. The van der Waals surface area contributed by atoms with Crippen LogP contribution in [0.3, 0.4) is 0 Å². The molecule has 2 rings (SSSR count). The van der Waals surface area contributed by atoms with Crippen LogP contribution in [0, 0.1) is 5.95 Å². The minimum atomic E-state index is -0.178. The highest BCUT2D eigenvalue weighted by Crippen LogP contribution is 2.30. The minimum absolute atomic E-state index is 0.178. The lowest BCUT2D eigenvalue weighted by Crippen LogP contribution is -2.10. The normalized spacial score (nSPS) is 17.9. The van der Waals surface area contributed by atoms with E-state index < -0.39 is 0 Å². The Balaban J connectivity index is 2.17. The number of nitrogens with zero attached hydrogens (tertiary/aromatic N) is 2. The van der Waals surface area contributed by atoms with Crippen LogP contribution in [0.1, 0.15) is 37.3 Å². The smallest absolute Gasteiger partial charge is 0.214 e. The molecule has 1 aromatic rings. The largest absolute Gasteiger partial charge is 0.330 e. The fourth-order valence-corrected chi connectivity index (χ4v) is 2.11.